The molecule has 37 heavy (non-hydrogen) atoms. The lowest BCUT2D eigenvalue weighted by Crippen LogP contribution is -2.55. The van der Waals surface area contributed by atoms with Gasteiger partial charge in [0.2, 0.25) is 41.4 Å². The van der Waals surface area contributed by atoms with E-state index in [1.165, 1.54) is 0 Å². The van der Waals surface area contributed by atoms with Gasteiger partial charge in [0.25, 0.3) is 0 Å². The molecule has 0 aliphatic carbocycles. The first-order valence-electron chi connectivity index (χ1n) is 10.8. The number of carboxylic acids is 1. The van der Waals surface area contributed by atoms with Crippen molar-refractivity contribution in [3.63, 3.8) is 0 Å². The van der Waals surface area contributed by atoms with Crippen LogP contribution in [0, 0.1) is 0 Å². The van der Waals surface area contributed by atoms with Crippen molar-refractivity contribution in [2.45, 2.75) is 31.3 Å². The third-order valence-electron chi connectivity index (χ3n) is 4.22. The van der Waals surface area contributed by atoms with E-state index in [0.29, 0.717) is 0 Å². The van der Waals surface area contributed by atoms with E-state index in [2.05, 4.69) is 31.9 Å². The standard InChI is InChI=1S/C19H31N7O11/c20-12(29)4-21-14(31)5-23-18(36)10(8-27)26-16(33)7-24-19(37)11(9-28)25-15(32)6-22-13(30)2-1-3-17(34)35/h10-11,27-28H,1-9H2,(H2,20,29)(H,21,31)(H,22,30)(H,23,36)(H,24,37)(H,25,32)(H,26,33)(H,34,35)/t10-,11-/m0/s1. The van der Waals surface area contributed by atoms with Gasteiger partial charge in [0, 0.05) is 12.8 Å². The van der Waals surface area contributed by atoms with Crippen LogP contribution in [0.1, 0.15) is 19.3 Å². The molecule has 18 nitrogen and oxygen atoms in total. The molecule has 0 aliphatic heterocycles. The van der Waals surface area contributed by atoms with Crippen molar-refractivity contribution in [3.05, 3.63) is 0 Å². The van der Waals surface area contributed by atoms with Gasteiger partial charge in [-0.3, -0.25) is 38.4 Å². The van der Waals surface area contributed by atoms with Crippen molar-refractivity contribution >= 4 is 47.3 Å². The fraction of sp³-hybridized carbons (Fsp3) is 0.579. The van der Waals surface area contributed by atoms with Crippen molar-refractivity contribution < 1.29 is 53.7 Å². The third kappa shape index (κ3) is 16.1. The van der Waals surface area contributed by atoms with E-state index in [1.54, 1.807) is 0 Å². The van der Waals surface area contributed by atoms with Gasteiger partial charge in [0.1, 0.15) is 12.1 Å². The maximum absolute atomic E-state index is 12.1. The van der Waals surface area contributed by atoms with Gasteiger partial charge < -0.3 is 53.0 Å². The summed E-state index contributed by atoms with van der Waals surface area (Å²) in [6.07, 6.45) is -0.287. The minimum absolute atomic E-state index is 0.0671. The molecule has 0 spiro atoms. The molecule has 0 bridgehead atoms. The average molecular weight is 533 g/mol. The Morgan fingerprint density at radius 2 is 1.03 bits per heavy atom. The Morgan fingerprint density at radius 1 is 0.595 bits per heavy atom. The smallest absolute Gasteiger partial charge is 0.303 e. The molecule has 0 saturated carbocycles. The second-order valence-corrected chi connectivity index (χ2v) is 7.31. The number of amides is 7. The van der Waals surface area contributed by atoms with Crippen molar-refractivity contribution in [2.24, 2.45) is 5.73 Å². The fourth-order valence-electron chi connectivity index (χ4n) is 2.38. The topological polar surface area (TPSA) is 295 Å². The number of primary amides is 1. The number of hydrogen-bond acceptors (Lipinski definition) is 10. The Balaban J connectivity index is 4.46. The summed E-state index contributed by atoms with van der Waals surface area (Å²) >= 11 is 0. The number of rotatable bonds is 18. The van der Waals surface area contributed by atoms with Crippen LogP contribution in [-0.2, 0) is 38.4 Å². The van der Waals surface area contributed by atoms with Crippen LogP contribution in [0.4, 0.5) is 0 Å². The summed E-state index contributed by atoms with van der Waals surface area (Å²) in [7, 11) is 0. The van der Waals surface area contributed by atoms with E-state index >= 15 is 0 Å². The molecule has 11 N–H and O–H groups in total. The summed E-state index contributed by atoms with van der Waals surface area (Å²) in [5, 5.41) is 39.9. The van der Waals surface area contributed by atoms with Crippen LogP contribution in [0.2, 0.25) is 0 Å². The molecule has 0 unspecified atom stereocenters. The maximum atomic E-state index is 12.1. The second-order valence-electron chi connectivity index (χ2n) is 7.31. The van der Waals surface area contributed by atoms with Gasteiger partial charge in [0.05, 0.1) is 39.4 Å². The molecule has 7 amide bonds. The highest BCUT2D eigenvalue weighted by molar-refractivity contribution is 5.94. The third-order valence-corrected chi connectivity index (χ3v) is 4.22. The summed E-state index contributed by atoms with van der Waals surface area (Å²) < 4.78 is 0. The summed E-state index contributed by atoms with van der Waals surface area (Å²) in [6.45, 7) is -4.00. The molecule has 0 saturated heterocycles. The van der Waals surface area contributed by atoms with Gasteiger partial charge >= 0.3 is 5.97 Å². The number of aliphatic hydroxyl groups excluding tert-OH is 2. The van der Waals surface area contributed by atoms with E-state index in [-0.39, 0.29) is 19.3 Å². The van der Waals surface area contributed by atoms with Gasteiger partial charge in [-0.25, -0.2) is 0 Å². The van der Waals surface area contributed by atoms with E-state index in [0.717, 1.165) is 0 Å². The highest BCUT2D eigenvalue weighted by Crippen LogP contribution is 1.94. The lowest BCUT2D eigenvalue weighted by atomic mass is 10.2. The van der Waals surface area contributed by atoms with E-state index < -0.39 is 98.8 Å². The number of nitrogens with two attached hydrogens (primary N) is 1. The number of hydrogen-bond donors (Lipinski definition) is 10. The highest BCUT2D eigenvalue weighted by Gasteiger charge is 2.23. The molecule has 0 aromatic carbocycles. The number of nitrogens with one attached hydrogen (secondary N) is 6. The van der Waals surface area contributed by atoms with E-state index in [9.17, 15) is 48.6 Å². The Labute approximate surface area is 210 Å². The zero-order valence-electron chi connectivity index (χ0n) is 19.7. The number of aliphatic carboxylic acids is 1. The van der Waals surface area contributed by atoms with Crippen molar-refractivity contribution in [1.82, 2.24) is 31.9 Å². The molecule has 0 rings (SSSR count). The summed E-state index contributed by atoms with van der Waals surface area (Å²) in [5.41, 5.74) is 4.85. The van der Waals surface area contributed by atoms with Gasteiger partial charge in [-0.15, -0.1) is 0 Å². The van der Waals surface area contributed by atoms with Crippen LogP contribution in [0.25, 0.3) is 0 Å². The van der Waals surface area contributed by atoms with Crippen LogP contribution < -0.4 is 37.6 Å². The van der Waals surface area contributed by atoms with Crippen molar-refractivity contribution in [2.75, 3.05) is 39.4 Å². The first kappa shape index (κ1) is 32.7. The molecule has 0 radical (unpaired) electrons. The average Bonchev–Trinajstić information content (AvgIpc) is 2.84. The second kappa shape index (κ2) is 18.0. The quantitative estimate of drug-likeness (QED) is 0.0789. The lowest BCUT2D eigenvalue weighted by molar-refractivity contribution is -0.137. The number of carboxylic acid groups (broad SMARTS) is 1. The Hall–Kier alpha value is -4.32. The normalized spacial score (nSPS) is 11.7. The van der Waals surface area contributed by atoms with Gasteiger partial charge in [-0.2, -0.15) is 0 Å². The fourth-order valence-corrected chi connectivity index (χ4v) is 2.38. The van der Waals surface area contributed by atoms with Crippen LogP contribution in [-0.4, -0.2) is 114 Å². The molecule has 0 heterocycles. The summed E-state index contributed by atoms with van der Waals surface area (Å²) in [5.74, 6) is -6.92. The van der Waals surface area contributed by atoms with Crippen LogP contribution >= 0.6 is 0 Å². The van der Waals surface area contributed by atoms with Crippen molar-refractivity contribution in [3.8, 4) is 0 Å². The lowest BCUT2D eigenvalue weighted by Gasteiger charge is -2.18. The van der Waals surface area contributed by atoms with Gasteiger partial charge in [-0.05, 0) is 6.42 Å². The summed E-state index contributed by atoms with van der Waals surface area (Å²) in [6, 6.07) is -2.97. The molecule has 0 aromatic heterocycles. The van der Waals surface area contributed by atoms with E-state index in [4.69, 9.17) is 10.8 Å². The molecular formula is C19H31N7O11. The molecule has 2 atom stereocenters. The SMILES string of the molecule is NC(=O)CNC(=O)CNC(=O)[C@H](CO)NC(=O)CNC(=O)[C@H](CO)NC(=O)CNC(=O)CCCC(=O)O. The first-order valence-corrected chi connectivity index (χ1v) is 10.8. The predicted octanol–water partition coefficient (Wildman–Crippen LogP) is -6.85. The molecular weight excluding hydrogens is 502 g/mol. The largest absolute Gasteiger partial charge is 0.481 e. The number of carbonyl (C=O) groups is 8. The Bertz CT molecular complexity index is 865. The minimum atomic E-state index is -1.49. The summed E-state index contributed by atoms with van der Waals surface area (Å²) in [4.78, 5) is 92.0. The predicted molar refractivity (Wildman–Crippen MR) is 121 cm³/mol. The molecule has 18 heteroatoms. The van der Waals surface area contributed by atoms with Crippen LogP contribution in [0.5, 0.6) is 0 Å². The Morgan fingerprint density at radius 3 is 1.46 bits per heavy atom. The Kier molecular flexibility index (Phi) is 15.9. The van der Waals surface area contributed by atoms with Crippen LogP contribution in [0.3, 0.4) is 0 Å². The molecule has 208 valence electrons. The monoisotopic (exact) mass is 533 g/mol. The number of aliphatic hydroxyl groups is 2. The van der Waals surface area contributed by atoms with E-state index in [1.807, 2.05) is 0 Å². The van der Waals surface area contributed by atoms with Gasteiger partial charge in [-0.1, -0.05) is 0 Å². The molecule has 0 aromatic rings. The maximum Gasteiger partial charge on any atom is 0.303 e. The van der Waals surface area contributed by atoms with Gasteiger partial charge in [0.15, 0.2) is 0 Å². The molecule has 0 aliphatic rings. The van der Waals surface area contributed by atoms with Crippen molar-refractivity contribution in [1.29, 1.82) is 0 Å². The first-order chi connectivity index (χ1) is 17.4. The zero-order chi connectivity index (χ0) is 28.4. The van der Waals surface area contributed by atoms with Crippen LogP contribution in [0.15, 0.2) is 0 Å². The highest BCUT2D eigenvalue weighted by atomic mass is 16.4. The minimum Gasteiger partial charge on any atom is -0.481 e. The molecule has 0 fully saturated rings. The number of carbonyl (C=O) groups excluding carboxylic acids is 7. The zero-order valence-corrected chi connectivity index (χ0v) is 19.7.